The van der Waals surface area contributed by atoms with E-state index in [0.717, 1.165) is 30.2 Å². The van der Waals surface area contributed by atoms with Crippen molar-refractivity contribution in [1.29, 1.82) is 0 Å². The number of nitrogens with zero attached hydrogens (tertiary/aromatic N) is 3. The smallest absolute Gasteiger partial charge is 0.128 e. The molecule has 0 saturated carbocycles. The summed E-state index contributed by atoms with van der Waals surface area (Å²) in [6.45, 7) is 5.26. The minimum Gasteiger partial charge on any atom is -0.492 e. The van der Waals surface area contributed by atoms with E-state index in [-0.39, 0.29) is 0 Å². The van der Waals surface area contributed by atoms with Crippen LogP contribution in [-0.2, 0) is 7.05 Å². The van der Waals surface area contributed by atoms with Crippen LogP contribution in [-0.4, -0.2) is 40.4 Å². The molecule has 0 spiro atoms. The van der Waals surface area contributed by atoms with E-state index in [0.29, 0.717) is 6.04 Å². The van der Waals surface area contributed by atoms with Crippen molar-refractivity contribution < 1.29 is 4.74 Å². The predicted molar refractivity (Wildman–Crippen MR) is 89.0 cm³/mol. The number of aryl methyl sites for hydroxylation is 1. The lowest BCUT2D eigenvalue weighted by Crippen LogP contribution is -2.39. The van der Waals surface area contributed by atoms with E-state index in [1.807, 2.05) is 42.2 Å². The molecular formula is C18H25N3O. The molecule has 1 fully saturated rings. The third kappa shape index (κ3) is 3.33. The Kier molecular flexibility index (Phi) is 4.78. The lowest BCUT2D eigenvalue weighted by atomic mass is 10.0. The molecule has 22 heavy (non-hydrogen) atoms. The van der Waals surface area contributed by atoms with Crippen molar-refractivity contribution in [2.45, 2.75) is 32.2 Å². The second kappa shape index (κ2) is 6.97. The van der Waals surface area contributed by atoms with E-state index in [1.54, 1.807) is 0 Å². The zero-order valence-electron chi connectivity index (χ0n) is 13.5. The molecule has 0 N–H and O–H groups in total. The molecule has 0 aliphatic carbocycles. The van der Waals surface area contributed by atoms with Gasteiger partial charge in [-0.15, -0.1) is 0 Å². The predicted octanol–water partition coefficient (Wildman–Crippen LogP) is 3.34. The maximum Gasteiger partial charge on any atom is 0.128 e. The molecule has 4 nitrogen and oxygen atoms in total. The summed E-state index contributed by atoms with van der Waals surface area (Å²) in [5, 5.41) is 4.25. The fraction of sp³-hybridized carbons (Fsp3) is 0.500. The van der Waals surface area contributed by atoms with Gasteiger partial charge in [0.15, 0.2) is 0 Å². The highest BCUT2D eigenvalue weighted by Gasteiger charge is 2.18. The first-order valence-electron chi connectivity index (χ1n) is 8.20. The minimum atomic E-state index is 0.685. The van der Waals surface area contributed by atoms with Crippen molar-refractivity contribution in [3.8, 4) is 17.0 Å². The van der Waals surface area contributed by atoms with Crippen molar-refractivity contribution in [3.05, 3.63) is 36.5 Å². The van der Waals surface area contributed by atoms with E-state index in [1.165, 1.54) is 25.8 Å². The highest BCUT2D eigenvalue weighted by Crippen LogP contribution is 2.29. The molecule has 2 aromatic rings. The highest BCUT2D eigenvalue weighted by atomic mass is 16.5. The van der Waals surface area contributed by atoms with Gasteiger partial charge in [0.25, 0.3) is 0 Å². The summed E-state index contributed by atoms with van der Waals surface area (Å²) in [7, 11) is 1.96. The van der Waals surface area contributed by atoms with Crippen LogP contribution in [0, 0.1) is 0 Å². The second-order valence-electron chi connectivity index (χ2n) is 6.07. The van der Waals surface area contributed by atoms with Gasteiger partial charge in [-0.25, -0.2) is 0 Å². The minimum absolute atomic E-state index is 0.685. The van der Waals surface area contributed by atoms with Gasteiger partial charge < -0.3 is 4.74 Å². The summed E-state index contributed by atoms with van der Waals surface area (Å²) in [6.07, 6.45) is 5.81. The zero-order valence-corrected chi connectivity index (χ0v) is 13.5. The molecule has 4 heteroatoms. The molecule has 1 aliphatic rings. The first kappa shape index (κ1) is 15.1. The van der Waals surface area contributed by atoms with Gasteiger partial charge in [-0.2, -0.15) is 5.10 Å². The van der Waals surface area contributed by atoms with Gasteiger partial charge in [-0.1, -0.05) is 18.6 Å². The Bertz CT molecular complexity index is 608. The largest absolute Gasteiger partial charge is 0.492 e. The molecule has 1 aromatic carbocycles. The summed E-state index contributed by atoms with van der Waals surface area (Å²) in [5.41, 5.74) is 2.19. The number of rotatable bonds is 5. The number of hydrogen-bond donors (Lipinski definition) is 0. The van der Waals surface area contributed by atoms with Gasteiger partial charge in [-0.3, -0.25) is 9.58 Å². The maximum absolute atomic E-state index is 6.08. The molecule has 2 heterocycles. The molecule has 1 atom stereocenters. The summed E-state index contributed by atoms with van der Waals surface area (Å²) in [4.78, 5) is 2.54. The fourth-order valence-electron chi connectivity index (χ4n) is 3.20. The number of hydrogen-bond acceptors (Lipinski definition) is 3. The van der Waals surface area contributed by atoms with E-state index in [4.69, 9.17) is 4.74 Å². The van der Waals surface area contributed by atoms with Crippen LogP contribution in [0.4, 0.5) is 0 Å². The molecule has 1 unspecified atom stereocenters. The average Bonchev–Trinajstić information content (AvgIpc) is 2.96. The lowest BCUT2D eigenvalue weighted by molar-refractivity contribution is 0.133. The molecule has 0 radical (unpaired) electrons. The Morgan fingerprint density at radius 3 is 2.86 bits per heavy atom. The van der Waals surface area contributed by atoms with Crippen LogP contribution in [0.2, 0.25) is 0 Å². The summed E-state index contributed by atoms with van der Waals surface area (Å²) >= 11 is 0. The Morgan fingerprint density at radius 1 is 1.23 bits per heavy atom. The van der Waals surface area contributed by atoms with Crippen molar-refractivity contribution in [2.75, 3.05) is 19.7 Å². The van der Waals surface area contributed by atoms with E-state index < -0.39 is 0 Å². The van der Waals surface area contributed by atoms with Crippen LogP contribution in [0.15, 0.2) is 36.5 Å². The van der Waals surface area contributed by atoms with Crippen LogP contribution in [0.3, 0.4) is 0 Å². The van der Waals surface area contributed by atoms with Crippen LogP contribution in [0.1, 0.15) is 26.2 Å². The van der Waals surface area contributed by atoms with Gasteiger partial charge in [0.05, 0.1) is 5.69 Å². The Labute approximate surface area is 132 Å². The van der Waals surface area contributed by atoms with Gasteiger partial charge in [0.1, 0.15) is 12.4 Å². The third-order valence-corrected chi connectivity index (χ3v) is 4.56. The SMILES string of the molecule is CC1CCCCN1CCOc1ccccc1-c1ccnn1C. The zero-order chi connectivity index (χ0) is 15.4. The fourth-order valence-corrected chi connectivity index (χ4v) is 3.20. The van der Waals surface area contributed by atoms with Crippen LogP contribution >= 0.6 is 0 Å². The van der Waals surface area contributed by atoms with Gasteiger partial charge in [-0.05, 0) is 44.5 Å². The van der Waals surface area contributed by atoms with Crippen molar-refractivity contribution in [3.63, 3.8) is 0 Å². The summed E-state index contributed by atoms with van der Waals surface area (Å²) < 4.78 is 7.97. The second-order valence-corrected chi connectivity index (χ2v) is 6.07. The van der Waals surface area contributed by atoms with Crippen molar-refractivity contribution in [2.24, 2.45) is 7.05 Å². The summed E-state index contributed by atoms with van der Waals surface area (Å²) in [5.74, 6) is 0.941. The van der Waals surface area contributed by atoms with E-state index in [9.17, 15) is 0 Å². The number of ether oxygens (including phenoxy) is 1. The number of benzene rings is 1. The Morgan fingerprint density at radius 2 is 2.09 bits per heavy atom. The van der Waals surface area contributed by atoms with Gasteiger partial charge in [0, 0.05) is 31.4 Å². The highest BCUT2D eigenvalue weighted by molar-refractivity contribution is 5.67. The maximum atomic E-state index is 6.08. The van der Waals surface area contributed by atoms with Crippen molar-refractivity contribution in [1.82, 2.24) is 14.7 Å². The Balaban J connectivity index is 1.65. The average molecular weight is 299 g/mol. The van der Waals surface area contributed by atoms with Gasteiger partial charge >= 0.3 is 0 Å². The molecule has 1 saturated heterocycles. The monoisotopic (exact) mass is 299 g/mol. The molecule has 118 valence electrons. The molecule has 3 rings (SSSR count). The normalized spacial score (nSPS) is 19.3. The molecule has 1 aliphatic heterocycles. The molecule has 0 amide bonds. The van der Waals surface area contributed by atoms with Crippen molar-refractivity contribution >= 4 is 0 Å². The first-order valence-corrected chi connectivity index (χ1v) is 8.20. The standard InChI is InChI=1S/C18H25N3O/c1-15-7-5-6-12-21(15)13-14-22-18-9-4-3-8-16(18)17-10-11-19-20(17)2/h3-4,8-11,15H,5-7,12-14H2,1-2H3. The quantitative estimate of drug-likeness (QED) is 0.848. The van der Waals surface area contributed by atoms with E-state index in [2.05, 4.69) is 23.0 Å². The number of likely N-dealkylation sites (tertiary alicyclic amines) is 1. The topological polar surface area (TPSA) is 30.3 Å². The van der Waals surface area contributed by atoms with Gasteiger partial charge in [0.2, 0.25) is 0 Å². The van der Waals surface area contributed by atoms with E-state index >= 15 is 0 Å². The first-order chi connectivity index (χ1) is 10.8. The third-order valence-electron chi connectivity index (χ3n) is 4.56. The van der Waals surface area contributed by atoms with Crippen LogP contribution in [0.25, 0.3) is 11.3 Å². The van der Waals surface area contributed by atoms with Crippen LogP contribution in [0.5, 0.6) is 5.75 Å². The Hall–Kier alpha value is -1.81. The van der Waals surface area contributed by atoms with Crippen LogP contribution < -0.4 is 4.74 Å². The molecular weight excluding hydrogens is 274 g/mol. The summed E-state index contributed by atoms with van der Waals surface area (Å²) in [6, 6.07) is 10.9. The number of para-hydroxylation sites is 1. The number of piperidine rings is 1. The molecule has 0 bridgehead atoms. The lowest BCUT2D eigenvalue weighted by Gasteiger charge is -2.33. The number of aromatic nitrogens is 2. The molecule has 1 aromatic heterocycles.